The molecule has 26 heavy (non-hydrogen) atoms. The molecule has 0 aromatic carbocycles. The summed E-state index contributed by atoms with van der Waals surface area (Å²) < 4.78 is 11.1. The van der Waals surface area contributed by atoms with Gasteiger partial charge in [-0.25, -0.2) is 9.97 Å². The fourth-order valence-electron chi connectivity index (χ4n) is 3.42. The van der Waals surface area contributed by atoms with Gasteiger partial charge in [-0.1, -0.05) is 0 Å². The van der Waals surface area contributed by atoms with Crippen molar-refractivity contribution in [3.05, 3.63) is 12.4 Å². The average molecular weight is 364 g/mol. The molecule has 2 aliphatic heterocycles. The van der Waals surface area contributed by atoms with Gasteiger partial charge in [-0.3, -0.25) is 9.69 Å². The number of carbonyl (C=O) groups is 1. The van der Waals surface area contributed by atoms with E-state index in [2.05, 4.69) is 25.1 Å². The highest BCUT2D eigenvalue weighted by atomic mass is 16.5. The van der Waals surface area contributed by atoms with E-state index in [9.17, 15) is 4.79 Å². The Morgan fingerprint density at radius 1 is 1.42 bits per heavy atom. The number of nitrogens with one attached hydrogen (secondary N) is 1. The van der Waals surface area contributed by atoms with Crippen LogP contribution < -0.4 is 15.1 Å². The predicted octanol–water partition coefficient (Wildman–Crippen LogP) is -0.805. The Morgan fingerprint density at radius 2 is 2.19 bits per heavy atom. The topological polar surface area (TPSA) is 83.1 Å². The van der Waals surface area contributed by atoms with E-state index in [0.29, 0.717) is 19.8 Å². The number of aromatic nitrogens is 2. The Hall–Kier alpha value is -1.97. The molecular weight excluding hydrogens is 336 g/mol. The number of methoxy groups -OCH3 is 1. The van der Waals surface area contributed by atoms with Crippen LogP contribution in [0.4, 0.5) is 11.6 Å². The average Bonchev–Trinajstić information content (AvgIpc) is 2.59. The first-order chi connectivity index (χ1) is 12.4. The molecule has 1 N–H and O–H groups in total. The highest BCUT2D eigenvalue weighted by molar-refractivity contribution is 5.82. The Bertz CT molecular complexity index is 635. The van der Waals surface area contributed by atoms with Crippen molar-refractivity contribution in [2.45, 2.75) is 11.6 Å². The first kappa shape index (κ1) is 18.8. The van der Waals surface area contributed by atoms with Crippen LogP contribution in [0.1, 0.15) is 0 Å². The molecule has 0 aliphatic carbocycles. The molecule has 1 aromatic heterocycles. The zero-order valence-electron chi connectivity index (χ0n) is 15.9. The van der Waals surface area contributed by atoms with Gasteiger partial charge in [0.2, 0.25) is 5.91 Å². The van der Waals surface area contributed by atoms with Gasteiger partial charge in [0.15, 0.2) is 0 Å². The van der Waals surface area contributed by atoms with Gasteiger partial charge >= 0.3 is 0 Å². The minimum absolute atomic E-state index is 0.0120. The second-order valence-electron chi connectivity index (χ2n) is 7.19. The molecule has 9 nitrogen and oxygen atoms in total. The molecular formula is C17H28N6O3. The van der Waals surface area contributed by atoms with Crippen LogP contribution in [-0.2, 0) is 14.3 Å². The molecule has 9 heteroatoms. The predicted molar refractivity (Wildman–Crippen MR) is 98.6 cm³/mol. The van der Waals surface area contributed by atoms with Gasteiger partial charge in [0.1, 0.15) is 29.6 Å². The number of amides is 1. The summed E-state index contributed by atoms with van der Waals surface area (Å²) in [5.74, 6) is 1.77. The molecule has 1 amide bonds. The van der Waals surface area contributed by atoms with Crippen LogP contribution in [0.25, 0.3) is 0 Å². The van der Waals surface area contributed by atoms with E-state index in [0.717, 1.165) is 31.3 Å². The highest BCUT2D eigenvalue weighted by Crippen LogP contribution is 2.33. The van der Waals surface area contributed by atoms with Crippen molar-refractivity contribution in [3.63, 3.8) is 0 Å². The molecule has 0 radical (unpaired) electrons. The van der Waals surface area contributed by atoms with Crippen molar-refractivity contribution in [1.82, 2.24) is 20.2 Å². The van der Waals surface area contributed by atoms with Crippen LogP contribution in [0.15, 0.2) is 12.4 Å². The molecule has 3 rings (SSSR count). The fraction of sp³-hybridized carbons (Fsp3) is 0.706. The summed E-state index contributed by atoms with van der Waals surface area (Å²) in [4.78, 5) is 27.1. The van der Waals surface area contributed by atoms with Gasteiger partial charge in [-0.2, -0.15) is 0 Å². The van der Waals surface area contributed by atoms with E-state index in [1.165, 1.54) is 0 Å². The van der Waals surface area contributed by atoms with Crippen LogP contribution in [0.2, 0.25) is 0 Å². The number of rotatable bonds is 6. The first-order valence-corrected chi connectivity index (χ1v) is 8.79. The molecule has 0 unspecified atom stereocenters. The lowest BCUT2D eigenvalue weighted by Gasteiger charge is -2.55. The summed E-state index contributed by atoms with van der Waals surface area (Å²) in [6.45, 7) is 3.67. The van der Waals surface area contributed by atoms with Crippen molar-refractivity contribution >= 4 is 17.5 Å². The van der Waals surface area contributed by atoms with E-state index in [1.807, 2.05) is 32.1 Å². The van der Waals surface area contributed by atoms with Gasteiger partial charge in [0.05, 0.1) is 26.3 Å². The number of morpholine rings is 1. The quantitative estimate of drug-likeness (QED) is 0.657. The summed E-state index contributed by atoms with van der Waals surface area (Å²) in [7, 11) is 7.51. The standard InChI is InChI=1S/C17H28N6O3/c1-21(2)14-7-15(20-12-19-14)23-10-17(11-23)9-22(3)13(8-26-17)16(24)18-5-6-25-4/h7,12-13H,5-6,8-11H2,1-4H3,(H,18,24)/t13-/m0/s1. The molecule has 1 aromatic rings. The lowest BCUT2D eigenvalue weighted by atomic mass is 9.90. The van der Waals surface area contributed by atoms with E-state index in [1.54, 1.807) is 13.4 Å². The minimum atomic E-state index is -0.258. The maximum atomic E-state index is 12.3. The Balaban J connectivity index is 1.54. The lowest BCUT2D eigenvalue weighted by molar-refractivity contribution is -0.157. The molecule has 144 valence electrons. The third-order valence-electron chi connectivity index (χ3n) is 4.90. The van der Waals surface area contributed by atoms with Crippen molar-refractivity contribution < 1.29 is 14.3 Å². The molecule has 2 fully saturated rings. The number of anilines is 2. The van der Waals surface area contributed by atoms with E-state index in [4.69, 9.17) is 9.47 Å². The normalized spacial score (nSPS) is 22.2. The SMILES string of the molecule is COCCNC(=O)[C@@H]1COC2(CN(c3cc(N(C)C)ncn3)C2)CN1C. The van der Waals surface area contributed by atoms with Gasteiger partial charge in [0.25, 0.3) is 0 Å². The first-order valence-electron chi connectivity index (χ1n) is 8.79. The zero-order chi connectivity index (χ0) is 18.7. The molecule has 1 atom stereocenters. The Kier molecular flexibility index (Phi) is 5.59. The summed E-state index contributed by atoms with van der Waals surface area (Å²) in [6, 6.07) is 1.72. The van der Waals surface area contributed by atoms with E-state index < -0.39 is 0 Å². The molecule has 0 saturated carbocycles. The van der Waals surface area contributed by atoms with Gasteiger partial charge in [-0.15, -0.1) is 0 Å². The number of carbonyl (C=O) groups excluding carboxylic acids is 1. The van der Waals surface area contributed by atoms with Crippen LogP contribution >= 0.6 is 0 Å². The van der Waals surface area contributed by atoms with Crippen LogP contribution in [0.5, 0.6) is 0 Å². The molecule has 2 saturated heterocycles. The van der Waals surface area contributed by atoms with Gasteiger partial charge < -0.3 is 24.6 Å². The molecule has 0 bridgehead atoms. The monoisotopic (exact) mass is 364 g/mol. The van der Waals surface area contributed by atoms with Crippen molar-refractivity contribution in [1.29, 1.82) is 0 Å². The largest absolute Gasteiger partial charge is 0.383 e. The van der Waals surface area contributed by atoms with Crippen molar-refractivity contribution in [2.75, 3.05) is 77.4 Å². The Labute approximate surface area is 154 Å². The third-order valence-corrected chi connectivity index (χ3v) is 4.90. The van der Waals surface area contributed by atoms with E-state index in [-0.39, 0.29) is 17.6 Å². The maximum Gasteiger partial charge on any atom is 0.239 e. The smallest absolute Gasteiger partial charge is 0.239 e. The fourth-order valence-corrected chi connectivity index (χ4v) is 3.42. The lowest BCUT2D eigenvalue weighted by Crippen LogP contribution is -2.72. The minimum Gasteiger partial charge on any atom is -0.383 e. The van der Waals surface area contributed by atoms with Crippen LogP contribution in [-0.4, -0.2) is 100 Å². The van der Waals surface area contributed by atoms with Crippen LogP contribution in [0, 0.1) is 0 Å². The molecule has 3 heterocycles. The van der Waals surface area contributed by atoms with Gasteiger partial charge in [0, 0.05) is 40.4 Å². The second kappa shape index (κ2) is 7.73. The summed E-state index contributed by atoms with van der Waals surface area (Å²) in [5.41, 5.74) is -0.235. The van der Waals surface area contributed by atoms with Gasteiger partial charge in [-0.05, 0) is 7.05 Å². The van der Waals surface area contributed by atoms with Crippen LogP contribution in [0.3, 0.4) is 0 Å². The number of likely N-dealkylation sites (N-methyl/N-ethyl adjacent to an activating group) is 1. The Morgan fingerprint density at radius 3 is 2.85 bits per heavy atom. The summed E-state index contributed by atoms with van der Waals surface area (Å²) >= 11 is 0. The number of nitrogens with zero attached hydrogens (tertiary/aromatic N) is 5. The number of ether oxygens (including phenoxy) is 2. The summed E-state index contributed by atoms with van der Waals surface area (Å²) in [5, 5.41) is 2.88. The zero-order valence-corrected chi connectivity index (χ0v) is 15.9. The van der Waals surface area contributed by atoms with E-state index >= 15 is 0 Å². The summed E-state index contributed by atoms with van der Waals surface area (Å²) in [6.07, 6.45) is 1.59. The number of hydrogen-bond donors (Lipinski definition) is 1. The van der Waals surface area contributed by atoms with Crippen molar-refractivity contribution in [2.24, 2.45) is 0 Å². The second-order valence-corrected chi connectivity index (χ2v) is 7.19. The maximum absolute atomic E-state index is 12.3. The van der Waals surface area contributed by atoms with Crippen molar-refractivity contribution in [3.8, 4) is 0 Å². The molecule has 1 spiro atoms. The molecule has 2 aliphatic rings. The number of hydrogen-bond acceptors (Lipinski definition) is 8. The third kappa shape index (κ3) is 3.89. The highest BCUT2D eigenvalue weighted by Gasteiger charge is 2.50.